The third-order valence-electron chi connectivity index (χ3n) is 16.0. The molecule has 336 valence electrons. The molecule has 3 heteroatoms. The molecule has 0 spiro atoms. The van der Waals surface area contributed by atoms with Crippen LogP contribution in [0.25, 0.3) is 55.6 Å². The maximum absolute atomic E-state index is 4.04. The molecule has 1 heterocycles. The van der Waals surface area contributed by atoms with Gasteiger partial charge in [0, 0.05) is 45.0 Å². The number of rotatable bonds is 7. The molecule has 0 bridgehead atoms. The molecule has 0 aromatic heterocycles. The van der Waals surface area contributed by atoms with Gasteiger partial charge < -0.3 is 10.2 Å². The average Bonchev–Trinajstić information content (AvgIpc) is 3.60. The standard InChI is InChI=1S/C66H59BN2/c1-42-36-54-55(65(4,5)35-34-64(54,2)3)41-60(42)69-59-33-31-47(44-22-13-9-14-23-44)38-57(59)67-62-52(40-56-61(63(62)69)51-28-17-18-29-53(51)66(56,6)7)50-32-30-48(45-24-15-10-16-25-45)39-58(50)68-49-27-19-26-46(37-49)43-20-11-8-12-21-43/h8-33,36-41,67-68H,34-35H2,1-7H3. The van der Waals surface area contributed by atoms with Gasteiger partial charge in [0.2, 0.25) is 0 Å². The lowest BCUT2D eigenvalue weighted by molar-refractivity contribution is 0.332. The topological polar surface area (TPSA) is 15.3 Å². The van der Waals surface area contributed by atoms with Crippen molar-refractivity contribution < 1.29 is 0 Å². The monoisotopic (exact) mass is 890 g/mol. The Hall–Kier alpha value is -7.36. The number of hydrogen-bond acceptors (Lipinski definition) is 2. The van der Waals surface area contributed by atoms with E-state index in [1.807, 2.05) is 0 Å². The first-order chi connectivity index (χ1) is 33.4. The van der Waals surface area contributed by atoms with Crippen molar-refractivity contribution in [2.24, 2.45) is 0 Å². The summed E-state index contributed by atoms with van der Waals surface area (Å²) in [6.45, 7) is 17.0. The Bertz CT molecular complexity index is 3470. The molecule has 0 saturated heterocycles. The highest BCUT2D eigenvalue weighted by Crippen LogP contribution is 2.57. The van der Waals surface area contributed by atoms with E-state index in [-0.39, 0.29) is 16.2 Å². The predicted octanol–water partition coefficient (Wildman–Crippen LogP) is 16.2. The molecule has 2 nitrogen and oxygen atoms in total. The van der Waals surface area contributed by atoms with Crippen molar-refractivity contribution in [2.45, 2.75) is 77.6 Å². The average molecular weight is 891 g/mol. The zero-order valence-corrected chi connectivity index (χ0v) is 41.0. The molecule has 9 aromatic rings. The summed E-state index contributed by atoms with van der Waals surface area (Å²) in [7, 11) is 0.791. The van der Waals surface area contributed by atoms with Crippen molar-refractivity contribution in [1.82, 2.24) is 0 Å². The van der Waals surface area contributed by atoms with Crippen LogP contribution in [0.4, 0.5) is 28.4 Å². The molecule has 12 rings (SSSR count). The zero-order valence-electron chi connectivity index (χ0n) is 41.0. The number of nitrogens with zero attached hydrogens (tertiary/aromatic N) is 1. The van der Waals surface area contributed by atoms with Crippen molar-refractivity contribution in [1.29, 1.82) is 0 Å². The van der Waals surface area contributed by atoms with Crippen molar-refractivity contribution in [3.63, 3.8) is 0 Å². The first-order valence-electron chi connectivity index (χ1n) is 24.9. The summed E-state index contributed by atoms with van der Waals surface area (Å²) in [5, 5.41) is 4.04. The predicted molar refractivity (Wildman–Crippen MR) is 297 cm³/mol. The number of benzene rings is 9. The second-order valence-electron chi connectivity index (χ2n) is 21.7. The largest absolute Gasteiger partial charge is 0.355 e. The highest BCUT2D eigenvalue weighted by molar-refractivity contribution is 6.73. The summed E-state index contributed by atoms with van der Waals surface area (Å²) in [4.78, 5) is 2.70. The van der Waals surface area contributed by atoms with E-state index in [0.29, 0.717) is 0 Å². The quantitative estimate of drug-likeness (QED) is 0.160. The van der Waals surface area contributed by atoms with Crippen molar-refractivity contribution in [3.05, 3.63) is 222 Å². The van der Waals surface area contributed by atoms with Crippen LogP contribution in [0.1, 0.15) is 82.2 Å². The molecular formula is C66H59BN2. The van der Waals surface area contributed by atoms with Crippen LogP contribution < -0.4 is 21.1 Å². The number of hydrogen-bond donors (Lipinski definition) is 1. The van der Waals surface area contributed by atoms with Crippen LogP contribution in [-0.4, -0.2) is 7.28 Å². The van der Waals surface area contributed by atoms with Gasteiger partial charge in [0.1, 0.15) is 0 Å². The van der Waals surface area contributed by atoms with Gasteiger partial charge in [-0.05, 0) is 145 Å². The molecule has 0 fully saturated rings. The van der Waals surface area contributed by atoms with E-state index in [9.17, 15) is 0 Å². The molecule has 69 heavy (non-hydrogen) atoms. The summed E-state index contributed by atoms with van der Waals surface area (Å²) in [6, 6.07) is 72.5. The maximum atomic E-state index is 4.04. The van der Waals surface area contributed by atoms with Gasteiger partial charge in [0.25, 0.3) is 0 Å². The minimum atomic E-state index is -0.239. The number of fused-ring (bicyclic) bond motifs is 7. The third-order valence-corrected chi connectivity index (χ3v) is 16.0. The van der Waals surface area contributed by atoms with Crippen LogP contribution in [0.2, 0.25) is 0 Å². The van der Waals surface area contributed by atoms with Crippen molar-refractivity contribution in [2.75, 3.05) is 10.2 Å². The van der Waals surface area contributed by atoms with E-state index < -0.39 is 0 Å². The second-order valence-corrected chi connectivity index (χ2v) is 21.7. The van der Waals surface area contributed by atoms with Crippen LogP contribution >= 0.6 is 0 Å². The van der Waals surface area contributed by atoms with E-state index >= 15 is 0 Å². The van der Waals surface area contributed by atoms with Gasteiger partial charge in [-0.15, -0.1) is 0 Å². The Morgan fingerprint density at radius 2 is 1.00 bits per heavy atom. The number of anilines is 5. The second kappa shape index (κ2) is 16.1. The molecule has 0 atom stereocenters. The molecule has 9 aromatic carbocycles. The van der Waals surface area contributed by atoms with Crippen molar-refractivity contribution in [3.8, 4) is 55.6 Å². The Morgan fingerprint density at radius 3 is 1.67 bits per heavy atom. The summed E-state index contributed by atoms with van der Waals surface area (Å²) < 4.78 is 0. The van der Waals surface area contributed by atoms with Crippen LogP contribution in [-0.2, 0) is 16.2 Å². The molecule has 0 radical (unpaired) electrons. The third kappa shape index (κ3) is 7.16. The number of aryl methyl sites for hydroxylation is 1. The Morgan fingerprint density at radius 1 is 0.435 bits per heavy atom. The van der Waals surface area contributed by atoms with Crippen LogP contribution in [0.5, 0.6) is 0 Å². The smallest absolute Gasteiger partial charge is 0.198 e. The van der Waals surface area contributed by atoms with Crippen LogP contribution in [0.15, 0.2) is 194 Å². The SMILES string of the molecule is Cc1cc2c(cc1N1c3ccc(-c4ccccc4)cc3Bc3c(-c4ccc(-c5ccccc5)cc4Nc4cccc(-c5ccccc5)c4)cc4c(c31)-c1ccccc1C4(C)C)C(C)(C)CCC2(C)C. The highest BCUT2D eigenvalue weighted by atomic mass is 15.2. The number of nitrogens with one attached hydrogen (secondary N) is 1. The van der Waals surface area contributed by atoms with E-state index in [1.54, 1.807) is 0 Å². The van der Waals surface area contributed by atoms with Gasteiger partial charge >= 0.3 is 0 Å². The van der Waals surface area contributed by atoms with E-state index in [4.69, 9.17) is 0 Å². The minimum absolute atomic E-state index is 0.0448. The Labute approximate surface area is 410 Å². The molecule has 1 aliphatic heterocycles. The van der Waals surface area contributed by atoms with Gasteiger partial charge in [0.05, 0.1) is 0 Å². The van der Waals surface area contributed by atoms with E-state index in [1.165, 1.54) is 118 Å². The van der Waals surface area contributed by atoms with Gasteiger partial charge in [-0.25, -0.2) is 0 Å². The lowest BCUT2D eigenvalue weighted by Gasteiger charge is -2.44. The lowest BCUT2D eigenvalue weighted by atomic mass is 9.56. The molecular weight excluding hydrogens is 832 g/mol. The fourth-order valence-corrected chi connectivity index (χ4v) is 12.1. The van der Waals surface area contributed by atoms with Crippen molar-refractivity contribution >= 4 is 46.6 Å². The molecule has 1 N–H and O–H groups in total. The lowest BCUT2D eigenvalue weighted by Crippen LogP contribution is -2.42. The molecule has 0 unspecified atom stereocenters. The fraction of sp³-hybridized carbons (Fsp3) is 0.182. The minimum Gasteiger partial charge on any atom is -0.355 e. The van der Waals surface area contributed by atoms with Crippen LogP contribution in [0, 0.1) is 6.92 Å². The molecule has 0 amide bonds. The van der Waals surface area contributed by atoms with Gasteiger partial charge in [-0.1, -0.05) is 205 Å². The fourth-order valence-electron chi connectivity index (χ4n) is 12.1. The van der Waals surface area contributed by atoms with E-state index in [2.05, 4.69) is 253 Å². The molecule has 3 aliphatic rings. The summed E-state index contributed by atoms with van der Waals surface area (Å²) in [6.07, 6.45) is 2.34. The highest BCUT2D eigenvalue weighted by Gasteiger charge is 2.43. The first kappa shape index (κ1) is 43.0. The summed E-state index contributed by atoms with van der Waals surface area (Å²) in [5.74, 6) is 0. The molecule has 0 saturated carbocycles. The van der Waals surface area contributed by atoms with E-state index in [0.717, 1.165) is 25.1 Å². The maximum Gasteiger partial charge on any atom is 0.198 e. The zero-order chi connectivity index (χ0) is 47.2. The van der Waals surface area contributed by atoms with Gasteiger partial charge in [0.15, 0.2) is 7.28 Å². The Kier molecular flexibility index (Phi) is 10.0. The summed E-state index contributed by atoms with van der Waals surface area (Å²) in [5.41, 5.74) is 28.0. The van der Waals surface area contributed by atoms with Gasteiger partial charge in [-0.2, -0.15) is 0 Å². The van der Waals surface area contributed by atoms with Crippen LogP contribution in [0.3, 0.4) is 0 Å². The first-order valence-corrected chi connectivity index (χ1v) is 24.9. The van der Waals surface area contributed by atoms with Gasteiger partial charge in [-0.3, -0.25) is 0 Å². The molecule has 2 aliphatic carbocycles. The summed E-state index contributed by atoms with van der Waals surface area (Å²) >= 11 is 0. The normalized spacial score (nSPS) is 15.5. The Balaban J connectivity index is 1.16.